The van der Waals surface area contributed by atoms with Gasteiger partial charge in [0, 0.05) is 13.0 Å². The second kappa shape index (κ2) is 5.38. The van der Waals surface area contributed by atoms with Gasteiger partial charge < -0.3 is 5.32 Å². The molecule has 1 heterocycles. The molecule has 2 nitrogen and oxygen atoms in total. The Morgan fingerprint density at radius 3 is 2.94 bits per heavy atom. The van der Waals surface area contributed by atoms with Crippen LogP contribution in [0.2, 0.25) is 0 Å². The van der Waals surface area contributed by atoms with Crippen LogP contribution in [0, 0.1) is 12.7 Å². The van der Waals surface area contributed by atoms with Crippen LogP contribution in [-0.4, -0.2) is 18.6 Å². The van der Waals surface area contributed by atoms with Gasteiger partial charge in [-0.2, -0.15) is 0 Å². The summed E-state index contributed by atoms with van der Waals surface area (Å²) < 4.78 is 13.2. The Labute approximate surface area is 105 Å². The molecule has 17 heavy (non-hydrogen) atoms. The number of benzene rings is 1. The second-order valence-corrected chi connectivity index (χ2v) is 4.97. The largest absolute Gasteiger partial charge is 0.319 e. The first-order valence-corrected chi connectivity index (χ1v) is 6.39. The molecule has 90 valence electrons. The van der Waals surface area contributed by atoms with Crippen LogP contribution < -0.4 is 5.32 Å². The van der Waals surface area contributed by atoms with Gasteiger partial charge in [-0.1, -0.05) is 12.1 Å². The summed E-state index contributed by atoms with van der Waals surface area (Å²) in [5, 5.41) is 4.19. The maximum Gasteiger partial charge on any atom is 0.123 e. The maximum atomic E-state index is 13.2. The molecule has 0 aliphatic carbocycles. The van der Waals surface area contributed by atoms with Crippen molar-refractivity contribution in [1.29, 1.82) is 0 Å². The van der Waals surface area contributed by atoms with Crippen LogP contribution >= 0.6 is 11.3 Å². The van der Waals surface area contributed by atoms with Crippen molar-refractivity contribution in [2.24, 2.45) is 0 Å². The topological polar surface area (TPSA) is 24.9 Å². The van der Waals surface area contributed by atoms with E-state index in [2.05, 4.69) is 10.3 Å². The van der Waals surface area contributed by atoms with Gasteiger partial charge in [0.1, 0.15) is 5.82 Å². The maximum absolute atomic E-state index is 13.2. The summed E-state index contributed by atoms with van der Waals surface area (Å²) in [5.41, 5.74) is 1.89. The Kier molecular flexibility index (Phi) is 3.86. The van der Waals surface area contributed by atoms with E-state index in [1.807, 2.05) is 20.0 Å². The zero-order valence-electron chi connectivity index (χ0n) is 9.96. The minimum atomic E-state index is -0.202. The number of hydrogen-bond acceptors (Lipinski definition) is 3. The van der Waals surface area contributed by atoms with Gasteiger partial charge in [-0.15, -0.1) is 11.3 Å². The average molecular weight is 250 g/mol. The summed E-state index contributed by atoms with van der Waals surface area (Å²) in [7, 11) is 1.92. The van der Waals surface area contributed by atoms with E-state index in [1.165, 1.54) is 6.07 Å². The van der Waals surface area contributed by atoms with Crippen LogP contribution in [0.1, 0.15) is 10.7 Å². The van der Waals surface area contributed by atoms with E-state index in [-0.39, 0.29) is 5.82 Å². The summed E-state index contributed by atoms with van der Waals surface area (Å²) >= 11 is 1.64. The summed E-state index contributed by atoms with van der Waals surface area (Å²) in [6.45, 7) is 2.88. The molecular formula is C13H15FN2S. The molecule has 0 saturated carbocycles. The van der Waals surface area contributed by atoms with E-state index in [9.17, 15) is 4.39 Å². The van der Waals surface area contributed by atoms with E-state index in [0.717, 1.165) is 34.1 Å². The first-order chi connectivity index (χ1) is 8.20. The minimum absolute atomic E-state index is 0.202. The standard InChI is InChI=1S/C13H15FN2S/c1-9-13(10-4-3-5-11(14)8-10)17-12(16-9)6-7-15-2/h3-5,8,15H,6-7H2,1-2H3. The lowest BCUT2D eigenvalue weighted by molar-refractivity contribution is 0.628. The highest BCUT2D eigenvalue weighted by Gasteiger charge is 2.09. The van der Waals surface area contributed by atoms with Crippen LogP contribution in [0.4, 0.5) is 4.39 Å². The lowest BCUT2D eigenvalue weighted by Crippen LogP contribution is -2.09. The van der Waals surface area contributed by atoms with E-state index in [1.54, 1.807) is 23.5 Å². The Hall–Kier alpha value is -1.26. The zero-order chi connectivity index (χ0) is 12.3. The molecule has 0 spiro atoms. The molecule has 1 aromatic heterocycles. The highest BCUT2D eigenvalue weighted by molar-refractivity contribution is 7.15. The van der Waals surface area contributed by atoms with Crippen LogP contribution in [-0.2, 0) is 6.42 Å². The lowest BCUT2D eigenvalue weighted by atomic mass is 10.1. The molecule has 0 radical (unpaired) electrons. The summed E-state index contributed by atoms with van der Waals surface area (Å²) in [5.74, 6) is -0.202. The number of aromatic nitrogens is 1. The van der Waals surface area contributed by atoms with Gasteiger partial charge in [0.15, 0.2) is 0 Å². The number of likely N-dealkylation sites (N-methyl/N-ethyl adjacent to an activating group) is 1. The summed E-state index contributed by atoms with van der Waals surface area (Å²) in [4.78, 5) is 5.58. The molecule has 0 aliphatic rings. The monoisotopic (exact) mass is 250 g/mol. The van der Waals surface area contributed by atoms with Crippen molar-refractivity contribution in [1.82, 2.24) is 10.3 Å². The predicted molar refractivity (Wildman–Crippen MR) is 69.9 cm³/mol. The normalized spacial score (nSPS) is 10.8. The molecule has 0 aliphatic heterocycles. The minimum Gasteiger partial charge on any atom is -0.319 e. The van der Waals surface area contributed by atoms with Crippen LogP contribution in [0.3, 0.4) is 0 Å². The van der Waals surface area contributed by atoms with Gasteiger partial charge in [0.2, 0.25) is 0 Å². The molecule has 0 saturated heterocycles. The van der Waals surface area contributed by atoms with Gasteiger partial charge in [-0.3, -0.25) is 0 Å². The molecule has 0 fully saturated rings. The van der Waals surface area contributed by atoms with Crippen molar-refractivity contribution in [3.63, 3.8) is 0 Å². The highest BCUT2D eigenvalue weighted by Crippen LogP contribution is 2.30. The fourth-order valence-electron chi connectivity index (χ4n) is 1.69. The molecule has 0 unspecified atom stereocenters. The van der Waals surface area contributed by atoms with Crippen molar-refractivity contribution >= 4 is 11.3 Å². The highest BCUT2D eigenvalue weighted by atomic mass is 32.1. The molecule has 0 amide bonds. The third-order valence-corrected chi connectivity index (χ3v) is 3.78. The molecule has 1 aromatic carbocycles. The number of hydrogen-bond donors (Lipinski definition) is 1. The molecule has 0 atom stereocenters. The summed E-state index contributed by atoms with van der Waals surface area (Å²) in [6, 6.07) is 6.67. The number of aryl methyl sites for hydroxylation is 1. The van der Waals surface area contributed by atoms with Gasteiger partial charge >= 0.3 is 0 Å². The third-order valence-electron chi connectivity index (χ3n) is 2.52. The third kappa shape index (κ3) is 2.90. The zero-order valence-corrected chi connectivity index (χ0v) is 10.8. The number of rotatable bonds is 4. The van der Waals surface area contributed by atoms with Gasteiger partial charge in [-0.05, 0) is 31.7 Å². The Morgan fingerprint density at radius 1 is 1.41 bits per heavy atom. The van der Waals surface area contributed by atoms with E-state index < -0.39 is 0 Å². The Bertz CT molecular complexity index is 508. The van der Waals surface area contributed by atoms with Crippen LogP contribution in [0.25, 0.3) is 10.4 Å². The summed E-state index contributed by atoms with van der Waals surface area (Å²) in [6.07, 6.45) is 0.914. The van der Waals surface area contributed by atoms with E-state index in [4.69, 9.17) is 0 Å². The van der Waals surface area contributed by atoms with Gasteiger partial charge in [0.25, 0.3) is 0 Å². The number of halogens is 1. The fraction of sp³-hybridized carbons (Fsp3) is 0.308. The molecule has 4 heteroatoms. The van der Waals surface area contributed by atoms with Crippen LogP contribution in [0.15, 0.2) is 24.3 Å². The quantitative estimate of drug-likeness (QED) is 0.902. The fourth-order valence-corrected chi connectivity index (χ4v) is 2.75. The van der Waals surface area contributed by atoms with Crippen molar-refractivity contribution in [3.8, 4) is 10.4 Å². The van der Waals surface area contributed by atoms with Gasteiger partial charge in [0.05, 0.1) is 15.6 Å². The van der Waals surface area contributed by atoms with Gasteiger partial charge in [-0.25, -0.2) is 9.37 Å². The van der Waals surface area contributed by atoms with Crippen molar-refractivity contribution in [2.75, 3.05) is 13.6 Å². The molecular weight excluding hydrogens is 235 g/mol. The van der Waals surface area contributed by atoms with Crippen molar-refractivity contribution in [2.45, 2.75) is 13.3 Å². The van der Waals surface area contributed by atoms with Crippen LogP contribution in [0.5, 0.6) is 0 Å². The van der Waals surface area contributed by atoms with Crippen molar-refractivity contribution < 1.29 is 4.39 Å². The number of nitrogens with zero attached hydrogens (tertiary/aromatic N) is 1. The first kappa shape index (κ1) is 12.2. The Morgan fingerprint density at radius 2 is 2.24 bits per heavy atom. The molecule has 1 N–H and O–H groups in total. The smallest absolute Gasteiger partial charge is 0.123 e. The molecule has 2 aromatic rings. The lowest BCUT2D eigenvalue weighted by Gasteiger charge is -1.98. The van der Waals surface area contributed by atoms with E-state index in [0.29, 0.717) is 0 Å². The average Bonchev–Trinajstić information content (AvgIpc) is 2.68. The second-order valence-electron chi connectivity index (χ2n) is 3.89. The number of nitrogens with one attached hydrogen (secondary N) is 1. The first-order valence-electron chi connectivity index (χ1n) is 5.57. The Balaban J connectivity index is 2.29. The predicted octanol–water partition coefficient (Wildman–Crippen LogP) is 3.02. The SMILES string of the molecule is CNCCc1nc(C)c(-c2cccc(F)c2)s1. The number of thiazole rings is 1. The van der Waals surface area contributed by atoms with Crippen molar-refractivity contribution in [3.05, 3.63) is 40.8 Å². The van der Waals surface area contributed by atoms with E-state index >= 15 is 0 Å². The molecule has 2 rings (SSSR count). The molecule has 0 bridgehead atoms.